The highest BCUT2D eigenvalue weighted by atomic mass is 32.2. The maximum atomic E-state index is 13.7. The zero-order valence-corrected chi connectivity index (χ0v) is 22.2. The van der Waals surface area contributed by atoms with Crippen LogP contribution in [0.1, 0.15) is 24.8 Å². The molecule has 1 atom stereocenters. The van der Waals surface area contributed by atoms with Gasteiger partial charge in [0.25, 0.3) is 5.89 Å². The molecule has 2 fully saturated rings. The van der Waals surface area contributed by atoms with Gasteiger partial charge < -0.3 is 20.1 Å². The number of hydrogen-bond donors (Lipinski definition) is 2. The molecular formula is C24H23F3N8O2S2. The molecule has 1 aromatic carbocycles. The number of piperidine rings is 1. The Morgan fingerprint density at radius 2 is 1.95 bits per heavy atom. The van der Waals surface area contributed by atoms with Crippen LogP contribution >= 0.6 is 23.1 Å². The predicted molar refractivity (Wildman–Crippen MR) is 142 cm³/mol. The number of alkyl halides is 3. The fraction of sp³-hybridized carbons (Fsp3) is 0.375. The molecule has 2 aliphatic rings. The summed E-state index contributed by atoms with van der Waals surface area (Å²) in [6, 6.07) is 6.08. The number of anilines is 2. The van der Waals surface area contributed by atoms with Crippen molar-refractivity contribution >= 4 is 50.9 Å². The molecule has 5 heterocycles. The summed E-state index contributed by atoms with van der Waals surface area (Å²) < 4.78 is 47.1. The summed E-state index contributed by atoms with van der Waals surface area (Å²) in [4.78, 5) is 28.9. The van der Waals surface area contributed by atoms with Crippen molar-refractivity contribution in [2.75, 3.05) is 36.9 Å². The molecular weight excluding hydrogens is 553 g/mol. The molecule has 0 spiro atoms. The molecule has 6 rings (SSSR count). The minimum absolute atomic E-state index is 0.0247. The Morgan fingerprint density at radius 1 is 1.18 bits per heavy atom. The summed E-state index contributed by atoms with van der Waals surface area (Å²) in [7, 11) is 2.08. The van der Waals surface area contributed by atoms with E-state index in [-0.39, 0.29) is 51.8 Å². The van der Waals surface area contributed by atoms with Crippen molar-refractivity contribution in [2.24, 2.45) is 0 Å². The number of carbonyl (C=O) groups excluding carboxylic acids is 1. The first kappa shape index (κ1) is 25.8. The predicted octanol–water partition coefficient (Wildman–Crippen LogP) is 5.13. The zero-order valence-electron chi connectivity index (χ0n) is 20.6. The van der Waals surface area contributed by atoms with Gasteiger partial charge in [-0.3, -0.25) is 4.90 Å². The standard InChI is InChI=1S/C24H23F3N8O2S2/c1-34-10-6-13(7-11-34)30-15-5-2-4-14-17(15)38-19(18(14)39-24(25,26)27)20-32-21(37-33-20)16-12-35(23(36)31-16)22-28-8-3-9-29-22/h2-5,8-9,13,16,30H,6-7,10-12H2,1H3,(H,31,36). The first-order chi connectivity index (χ1) is 18.7. The van der Waals surface area contributed by atoms with Gasteiger partial charge in [0, 0.05) is 28.7 Å². The molecule has 2 N–H and O–H groups in total. The quantitative estimate of drug-likeness (QED) is 0.302. The Bertz CT molecular complexity index is 1490. The number of nitrogens with zero attached hydrogens (tertiary/aromatic N) is 6. The summed E-state index contributed by atoms with van der Waals surface area (Å²) in [5.74, 6) is 0.337. The number of thiophene rings is 1. The van der Waals surface area contributed by atoms with Crippen LogP contribution in [0.25, 0.3) is 20.8 Å². The number of aromatic nitrogens is 4. The van der Waals surface area contributed by atoms with E-state index in [0.29, 0.717) is 10.1 Å². The molecule has 2 saturated heterocycles. The summed E-state index contributed by atoms with van der Waals surface area (Å²) in [6.07, 6.45) is 4.93. The number of nitrogens with one attached hydrogen (secondary N) is 2. The molecule has 4 aromatic rings. The second kappa shape index (κ2) is 10.3. The van der Waals surface area contributed by atoms with Crippen LogP contribution in [0.2, 0.25) is 0 Å². The Morgan fingerprint density at radius 3 is 2.69 bits per heavy atom. The number of carbonyl (C=O) groups is 1. The molecule has 10 nitrogen and oxygen atoms in total. The number of thioether (sulfide) groups is 1. The van der Waals surface area contributed by atoms with Crippen molar-refractivity contribution in [1.82, 2.24) is 30.3 Å². The fourth-order valence-corrected chi connectivity index (χ4v) is 6.81. The summed E-state index contributed by atoms with van der Waals surface area (Å²) >= 11 is 1.00. The molecule has 0 aliphatic carbocycles. The van der Waals surface area contributed by atoms with Crippen molar-refractivity contribution in [3.05, 3.63) is 42.5 Å². The Labute approximate surface area is 229 Å². The van der Waals surface area contributed by atoms with E-state index < -0.39 is 17.6 Å². The highest BCUT2D eigenvalue weighted by molar-refractivity contribution is 8.00. The van der Waals surface area contributed by atoms with E-state index in [0.717, 1.165) is 31.6 Å². The van der Waals surface area contributed by atoms with Crippen LogP contribution in [-0.2, 0) is 0 Å². The lowest BCUT2D eigenvalue weighted by molar-refractivity contribution is -0.0327. The van der Waals surface area contributed by atoms with Gasteiger partial charge in [0.1, 0.15) is 6.04 Å². The van der Waals surface area contributed by atoms with Gasteiger partial charge in [0.2, 0.25) is 11.8 Å². The molecule has 2 aliphatic heterocycles. The average Bonchev–Trinajstić information content (AvgIpc) is 3.63. The summed E-state index contributed by atoms with van der Waals surface area (Å²) in [5, 5.41) is 10.8. The highest BCUT2D eigenvalue weighted by Crippen LogP contribution is 2.50. The fourth-order valence-electron chi connectivity index (χ4n) is 4.70. The van der Waals surface area contributed by atoms with Crippen LogP contribution < -0.4 is 15.5 Å². The van der Waals surface area contributed by atoms with Crippen LogP contribution in [0.4, 0.5) is 29.6 Å². The summed E-state index contributed by atoms with van der Waals surface area (Å²) in [6.45, 7) is 2.04. The van der Waals surface area contributed by atoms with Gasteiger partial charge in [-0.2, -0.15) is 18.2 Å². The van der Waals surface area contributed by atoms with Crippen molar-refractivity contribution in [3.8, 4) is 10.7 Å². The number of hydrogen-bond acceptors (Lipinski definition) is 10. The molecule has 204 valence electrons. The monoisotopic (exact) mass is 576 g/mol. The van der Waals surface area contributed by atoms with Gasteiger partial charge >= 0.3 is 11.5 Å². The Hall–Kier alpha value is -3.43. The van der Waals surface area contributed by atoms with Gasteiger partial charge in [0.05, 0.1) is 21.8 Å². The van der Waals surface area contributed by atoms with Crippen LogP contribution in [-0.4, -0.2) is 69.3 Å². The van der Waals surface area contributed by atoms with Crippen LogP contribution in [0.15, 0.2) is 46.1 Å². The topological polar surface area (TPSA) is 112 Å². The number of fused-ring (bicyclic) bond motifs is 1. The molecule has 0 radical (unpaired) electrons. The van der Waals surface area contributed by atoms with E-state index in [2.05, 4.69) is 42.7 Å². The van der Waals surface area contributed by atoms with Crippen LogP contribution in [0, 0.1) is 0 Å². The first-order valence-corrected chi connectivity index (χ1v) is 13.8. The van der Waals surface area contributed by atoms with Gasteiger partial charge in [0.15, 0.2) is 0 Å². The normalized spacial score (nSPS) is 19.1. The lowest BCUT2D eigenvalue weighted by Gasteiger charge is -2.30. The third-order valence-electron chi connectivity index (χ3n) is 6.61. The van der Waals surface area contributed by atoms with Crippen LogP contribution in [0.5, 0.6) is 0 Å². The minimum Gasteiger partial charge on any atom is -0.381 e. The van der Waals surface area contributed by atoms with E-state index in [1.54, 1.807) is 18.2 Å². The lowest BCUT2D eigenvalue weighted by Crippen LogP contribution is -2.36. The Kier molecular flexibility index (Phi) is 6.81. The maximum absolute atomic E-state index is 13.7. The number of amides is 2. The summed E-state index contributed by atoms with van der Waals surface area (Å²) in [5.41, 5.74) is -3.73. The lowest BCUT2D eigenvalue weighted by atomic mass is 10.1. The van der Waals surface area contributed by atoms with E-state index >= 15 is 0 Å². The van der Waals surface area contributed by atoms with Gasteiger partial charge in [-0.1, -0.05) is 17.3 Å². The number of urea groups is 1. The number of likely N-dealkylation sites (tertiary alicyclic amines) is 1. The molecule has 39 heavy (non-hydrogen) atoms. The van der Waals surface area contributed by atoms with E-state index in [4.69, 9.17) is 4.52 Å². The second-order valence-electron chi connectivity index (χ2n) is 9.33. The molecule has 2 amide bonds. The van der Waals surface area contributed by atoms with Gasteiger partial charge in [-0.05, 0) is 56.9 Å². The number of rotatable bonds is 6. The van der Waals surface area contributed by atoms with Crippen LogP contribution in [0.3, 0.4) is 0 Å². The molecule has 15 heteroatoms. The van der Waals surface area contributed by atoms with E-state index in [1.165, 1.54) is 28.6 Å². The molecule has 0 saturated carbocycles. The third-order valence-corrected chi connectivity index (χ3v) is 8.83. The smallest absolute Gasteiger partial charge is 0.381 e. The van der Waals surface area contributed by atoms with Gasteiger partial charge in [-0.15, -0.1) is 11.3 Å². The van der Waals surface area contributed by atoms with Crippen molar-refractivity contribution in [3.63, 3.8) is 0 Å². The largest absolute Gasteiger partial charge is 0.446 e. The number of halogens is 3. The second-order valence-corrected chi connectivity index (χ2v) is 11.4. The van der Waals surface area contributed by atoms with Crippen molar-refractivity contribution < 1.29 is 22.5 Å². The SMILES string of the molecule is CN1CCC(Nc2cccc3c(SC(F)(F)F)c(-c4noc(C5CN(c6ncccn6)C(=O)N5)n4)sc23)CC1. The maximum Gasteiger partial charge on any atom is 0.446 e. The molecule has 0 bridgehead atoms. The van der Waals surface area contributed by atoms with Crippen molar-refractivity contribution in [1.29, 1.82) is 0 Å². The average molecular weight is 577 g/mol. The van der Waals surface area contributed by atoms with Crippen molar-refractivity contribution in [2.45, 2.75) is 35.3 Å². The Balaban J connectivity index is 1.32. The number of benzene rings is 1. The highest BCUT2D eigenvalue weighted by Gasteiger charge is 2.37. The first-order valence-electron chi connectivity index (χ1n) is 12.2. The third kappa shape index (κ3) is 5.38. The molecule has 1 unspecified atom stereocenters. The minimum atomic E-state index is -4.51. The zero-order chi connectivity index (χ0) is 27.1. The van der Waals surface area contributed by atoms with E-state index in [9.17, 15) is 18.0 Å². The van der Waals surface area contributed by atoms with E-state index in [1.807, 2.05) is 6.07 Å². The van der Waals surface area contributed by atoms with Gasteiger partial charge in [-0.25, -0.2) is 14.8 Å². The molecule has 3 aromatic heterocycles.